The van der Waals surface area contributed by atoms with E-state index in [-0.39, 0.29) is 23.3 Å². The summed E-state index contributed by atoms with van der Waals surface area (Å²) in [5.74, 6) is 6.52. The zero-order chi connectivity index (χ0) is 28.6. The van der Waals surface area contributed by atoms with E-state index in [2.05, 4.69) is 75.0 Å². The molecule has 0 saturated carbocycles. The maximum absolute atomic E-state index is 12.8. The minimum Gasteiger partial charge on any atom is -0.310 e. The molecule has 5 aromatic rings. The number of aromatic nitrogens is 5. The van der Waals surface area contributed by atoms with Crippen molar-refractivity contribution in [3.05, 3.63) is 130 Å². The van der Waals surface area contributed by atoms with Crippen molar-refractivity contribution in [1.82, 2.24) is 29.4 Å². The minimum absolute atomic E-state index is 0.148. The van der Waals surface area contributed by atoms with Crippen LogP contribution in [-0.2, 0) is 19.5 Å². The summed E-state index contributed by atoms with van der Waals surface area (Å²) >= 11 is 0. The second-order valence-electron chi connectivity index (χ2n) is 10.1. The van der Waals surface area contributed by atoms with Gasteiger partial charge in [0.15, 0.2) is 5.78 Å². The van der Waals surface area contributed by atoms with E-state index in [1.807, 2.05) is 18.2 Å². The normalized spacial score (nSPS) is 10.9. The lowest BCUT2D eigenvalue weighted by Gasteiger charge is -2.10. The lowest BCUT2D eigenvalue weighted by molar-refractivity contribution is 0.0982. The van der Waals surface area contributed by atoms with Crippen molar-refractivity contribution in [2.45, 2.75) is 32.4 Å². The number of pyridine rings is 3. The topological polar surface area (TPSA) is 93.9 Å². The molecule has 0 bridgehead atoms. The third-order valence-corrected chi connectivity index (χ3v) is 6.49. The zero-order valence-corrected chi connectivity index (χ0v) is 23.1. The second-order valence-corrected chi connectivity index (χ2v) is 10.1. The first-order valence-electron chi connectivity index (χ1n) is 13.4. The van der Waals surface area contributed by atoms with Crippen molar-refractivity contribution < 1.29 is 4.79 Å². The van der Waals surface area contributed by atoms with Gasteiger partial charge < -0.3 is 9.47 Å². The van der Waals surface area contributed by atoms with Crippen molar-refractivity contribution in [1.29, 1.82) is 0 Å². The van der Waals surface area contributed by atoms with Crippen LogP contribution < -0.4 is 5.56 Å². The van der Waals surface area contributed by atoms with Crippen LogP contribution in [-0.4, -0.2) is 49.3 Å². The molecule has 5 rings (SSSR count). The lowest BCUT2D eigenvalue weighted by atomic mass is 10.1. The Bertz CT molecular complexity index is 1780. The molecule has 4 heterocycles. The van der Waals surface area contributed by atoms with E-state index in [1.54, 1.807) is 43.1 Å². The summed E-state index contributed by atoms with van der Waals surface area (Å²) in [6, 6.07) is 17.3. The van der Waals surface area contributed by atoms with Gasteiger partial charge in [-0.2, -0.15) is 0 Å². The Hall–Kier alpha value is -5.00. The molecular formula is C33H30N6O2. The summed E-state index contributed by atoms with van der Waals surface area (Å²) in [6.45, 7) is 1.26. The van der Waals surface area contributed by atoms with E-state index in [0.717, 1.165) is 34.4 Å². The molecule has 1 aromatic carbocycles. The Balaban J connectivity index is 1.19. The van der Waals surface area contributed by atoms with Gasteiger partial charge in [-0.3, -0.25) is 14.6 Å². The van der Waals surface area contributed by atoms with Crippen LogP contribution in [0.2, 0.25) is 0 Å². The van der Waals surface area contributed by atoms with Gasteiger partial charge in [0.2, 0.25) is 0 Å². The number of ketones is 1. The van der Waals surface area contributed by atoms with Gasteiger partial charge >= 0.3 is 0 Å². The first kappa shape index (κ1) is 27.6. The van der Waals surface area contributed by atoms with Gasteiger partial charge in [-0.05, 0) is 61.0 Å². The summed E-state index contributed by atoms with van der Waals surface area (Å²) in [5.41, 5.74) is 4.49. The highest BCUT2D eigenvalue weighted by Gasteiger charge is 2.12. The minimum atomic E-state index is -0.314. The first-order valence-corrected chi connectivity index (χ1v) is 13.4. The van der Waals surface area contributed by atoms with Crippen LogP contribution in [0.25, 0.3) is 10.9 Å². The Morgan fingerprint density at radius 1 is 0.951 bits per heavy atom. The fourth-order valence-electron chi connectivity index (χ4n) is 4.46. The van der Waals surface area contributed by atoms with Crippen LogP contribution in [0.3, 0.4) is 0 Å². The molecule has 0 N–H and O–H groups in total. The summed E-state index contributed by atoms with van der Waals surface area (Å²) in [6.07, 6.45) is 9.66. The quantitative estimate of drug-likeness (QED) is 0.203. The first-order chi connectivity index (χ1) is 19.9. The summed E-state index contributed by atoms with van der Waals surface area (Å²) in [4.78, 5) is 45.4. The Labute approximate surface area is 238 Å². The average molecular weight is 543 g/mol. The highest BCUT2D eigenvalue weighted by atomic mass is 16.1. The summed E-state index contributed by atoms with van der Waals surface area (Å²) in [5, 5.41) is 0.851. The monoisotopic (exact) mass is 542 g/mol. The third kappa shape index (κ3) is 7.35. The van der Waals surface area contributed by atoms with Gasteiger partial charge in [-0.25, -0.2) is 15.0 Å². The molecule has 0 aliphatic heterocycles. The van der Waals surface area contributed by atoms with E-state index < -0.39 is 0 Å². The van der Waals surface area contributed by atoms with E-state index in [4.69, 9.17) is 0 Å². The van der Waals surface area contributed by atoms with Crippen molar-refractivity contribution in [2.24, 2.45) is 0 Å². The van der Waals surface area contributed by atoms with E-state index in [1.165, 1.54) is 10.1 Å². The van der Waals surface area contributed by atoms with Gasteiger partial charge in [0.25, 0.3) is 5.56 Å². The average Bonchev–Trinajstić information content (AvgIpc) is 2.97. The van der Waals surface area contributed by atoms with E-state index in [0.29, 0.717) is 25.1 Å². The highest BCUT2D eigenvalue weighted by Crippen LogP contribution is 2.14. The third-order valence-electron chi connectivity index (χ3n) is 6.49. The molecule has 0 atom stereocenters. The molecule has 8 heteroatoms. The molecule has 8 nitrogen and oxygen atoms in total. The van der Waals surface area contributed by atoms with Gasteiger partial charge in [0, 0.05) is 56.0 Å². The van der Waals surface area contributed by atoms with Crippen LogP contribution in [0.1, 0.15) is 51.4 Å². The number of benzene rings is 1. The number of Topliss-reactive ketones (excluding diaryl/α,β-unsaturated/α-hetero) is 1. The Kier molecular flexibility index (Phi) is 8.67. The maximum Gasteiger partial charge on any atom is 0.261 e. The maximum atomic E-state index is 12.8. The van der Waals surface area contributed by atoms with Crippen molar-refractivity contribution in [3.8, 4) is 11.8 Å². The smallest absolute Gasteiger partial charge is 0.261 e. The van der Waals surface area contributed by atoms with Crippen LogP contribution in [0.5, 0.6) is 0 Å². The molecule has 0 aliphatic rings. The zero-order valence-electron chi connectivity index (χ0n) is 23.1. The predicted molar refractivity (Wildman–Crippen MR) is 158 cm³/mol. The second kappa shape index (κ2) is 12.9. The molecule has 0 amide bonds. The number of fused-ring (bicyclic) bond motifs is 1. The highest BCUT2D eigenvalue weighted by molar-refractivity contribution is 5.95. The van der Waals surface area contributed by atoms with Crippen LogP contribution in [0.15, 0.2) is 90.4 Å². The standard InChI is InChI=1S/C33H30N6O2/c1-38(2)22-25-13-11-24(12-14-25)17-32-36-20-27-18-28(35-21-30(27)37-32)8-3-4-10-31(40)29-9-6-16-39(33(29)41)23-26-7-5-15-34-19-26/h5-7,9,11-16,18-21H,4,10,17,22-23H2,1-2H3. The van der Waals surface area contributed by atoms with Crippen molar-refractivity contribution in [3.63, 3.8) is 0 Å². The number of carbonyl (C=O) groups is 1. The fraction of sp³-hybridized carbons (Fsp3) is 0.212. The van der Waals surface area contributed by atoms with Crippen molar-refractivity contribution in [2.75, 3.05) is 14.1 Å². The molecule has 204 valence electrons. The van der Waals surface area contributed by atoms with Gasteiger partial charge in [0.05, 0.1) is 23.8 Å². The summed E-state index contributed by atoms with van der Waals surface area (Å²) < 4.78 is 1.52. The van der Waals surface area contributed by atoms with Crippen LogP contribution in [0, 0.1) is 11.8 Å². The Morgan fingerprint density at radius 3 is 2.56 bits per heavy atom. The summed E-state index contributed by atoms with van der Waals surface area (Å²) in [7, 11) is 4.11. The molecular weight excluding hydrogens is 512 g/mol. The molecule has 0 aliphatic carbocycles. The van der Waals surface area contributed by atoms with Gasteiger partial charge in [0.1, 0.15) is 11.5 Å². The SMILES string of the molecule is CN(C)Cc1ccc(Cc2ncc3cc(C#CCCC(=O)c4cccn(Cc5cccnc5)c4=O)ncc3n2)cc1. The largest absolute Gasteiger partial charge is 0.310 e. The van der Waals surface area contributed by atoms with Gasteiger partial charge in [-0.1, -0.05) is 36.3 Å². The van der Waals surface area contributed by atoms with Crippen LogP contribution in [0.4, 0.5) is 0 Å². The van der Waals surface area contributed by atoms with E-state index in [9.17, 15) is 9.59 Å². The van der Waals surface area contributed by atoms with Crippen molar-refractivity contribution >= 4 is 16.7 Å². The van der Waals surface area contributed by atoms with E-state index >= 15 is 0 Å². The number of hydrogen-bond acceptors (Lipinski definition) is 7. The number of nitrogens with zero attached hydrogens (tertiary/aromatic N) is 6. The van der Waals surface area contributed by atoms with Gasteiger partial charge in [-0.15, -0.1) is 0 Å². The number of rotatable bonds is 9. The molecule has 41 heavy (non-hydrogen) atoms. The molecule has 0 fully saturated rings. The number of carbonyl (C=O) groups excluding carboxylic acids is 1. The molecule has 0 radical (unpaired) electrons. The molecule has 4 aromatic heterocycles. The molecule has 0 unspecified atom stereocenters. The Morgan fingerprint density at radius 2 is 1.78 bits per heavy atom. The fourth-order valence-corrected chi connectivity index (χ4v) is 4.46. The van der Waals surface area contributed by atoms with Crippen LogP contribution >= 0.6 is 0 Å². The molecule has 0 saturated heterocycles. The number of hydrogen-bond donors (Lipinski definition) is 0. The predicted octanol–water partition coefficient (Wildman–Crippen LogP) is 4.30. The lowest BCUT2D eigenvalue weighted by Crippen LogP contribution is -2.26. The molecule has 0 spiro atoms.